The first kappa shape index (κ1) is 17.6. The van der Waals surface area contributed by atoms with Crippen molar-refractivity contribution in [2.75, 3.05) is 44.7 Å². The van der Waals surface area contributed by atoms with Crippen molar-refractivity contribution in [1.29, 1.82) is 0 Å². The summed E-state index contributed by atoms with van der Waals surface area (Å²) in [7, 11) is 0. The van der Waals surface area contributed by atoms with E-state index in [2.05, 4.69) is 40.6 Å². The number of hydrogen-bond acceptors (Lipinski definition) is 3. The van der Waals surface area contributed by atoms with Crippen molar-refractivity contribution in [2.45, 2.75) is 45.6 Å². The van der Waals surface area contributed by atoms with Crippen molar-refractivity contribution in [2.24, 2.45) is 4.99 Å². The first-order valence-corrected chi connectivity index (χ1v) is 9.46. The number of nitrogens with zero attached hydrogens (tertiary/aromatic N) is 2. The smallest absolute Gasteiger partial charge is 0.191 e. The number of nitrogens with one attached hydrogen (secondary N) is 2. The van der Waals surface area contributed by atoms with Crippen LogP contribution in [0.3, 0.4) is 0 Å². The summed E-state index contributed by atoms with van der Waals surface area (Å²) in [5.41, 5.74) is 0. The van der Waals surface area contributed by atoms with Crippen molar-refractivity contribution in [1.82, 2.24) is 15.5 Å². The molecule has 5 heteroatoms. The molecule has 1 saturated carbocycles. The lowest BCUT2D eigenvalue weighted by atomic mass is 10.3. The van der Waals surface area contributed by atoms with Gasteiger partial charge in [0, 0.05) is 32.2 Å². The van der Waals surface area contributed by atoms with Gasteiger partial charge in [0.15, 0.2) is 5.96 Å². The number of unbranched alkanes of at least 4 members (excludes halogenated alkanes) is 1. The normalized spacial score (nSPS) is 15.7. The molecule has 0 aromatic heterocycles. The molecular formula is C15H32N4S. The summed E-state index contributed by atoms with van der Waals surface area (Å²) < 4.78 is 0. The third-order valence-electron chi connectivity index (χ3n) is 3.53. The van der Waals surface area contributed by atoms with Gasteiger partial charge in [-0.2, -0.15) is 11.8 Å². The van der Waals surface area contributed by atoms with Crippen molar-refractivity contribution in [3.63, 3.8) is 0 Å². The fraction of sp³-hybridized carbons (Fsp3) is 0.933. The molecule has 0 atom stereocenters. The van der Waals surface area contributed by atoms with Gasteiger partial charge in [-0.1, -0.05) is 6.92 Å². The van der Waals surface area contributed by atoms with Crippen molar-refractivity contribution in [3.05, 3.63) is 0 Å². The van der Waals surface area contributed by atoms with E-state index < -0.39 is 0 Å². The first-order chi connectivity index (χ1) is 9.81. The summed E-state index contributed by atoms with van der Waals surface area (Å²) in [6, 6.07) is 0.855. The van der Waals surface area contributed by atoms with Crippen LogP contribution >= 0.6 is 11.8 Å². The maximum Gasteiger partial charge on any atom is 0.191 e. The minimum Gasteiger partial charge on any atom is -0.357 e. The van der Waals surface area contributed by atoms with E-state index in [-0.39, 0.29) is 0 Å². The van der Waals surface area contributed by atoms with Crippen molar-refractivity contribution >= 4 is 17.7 Å². The molecule has 0 bridgehead atoms. The number of rotatable bonds is 11. The van der Waals surface area contributed by atoms with Crippen LogP contribution in [0.2, 0.25) is 0 Å². The van der Waals surface area contributed by atoms with Gasteiger partial charge in [0.1, 0.15) is 0 Å². The van der Waals surface area contributed by atoms with Gasteiger partial charge in [-0.05, 0) is 51.2 Å². The van der Waals surface area contributed by atoms with E-state index >= 15 is 0 Å². The summed E-state index contributed by atoms with van der Waals surface area (Å²) in [5.74, 6) is 2.22. The average molecular weight is 301 g/mol. The predicted molar refractivity (Wildman–Crippen MR) is 91.9 cm³/mol. The zero-order valence-electron chi connectivity index (χ0n) is 13.5. The molecule has 118 valence electrons. The Hall–Kier alpha value is -0.420. The van der Waals surface area contributed by atoms with E-state index in [4.69, 9.17) is 0 Å². The molecule has 1 aliphatic rings. The fourth-order valence-corrected chi connectivity index (χ4v) is 2.74. The Kier molecular flexibility index (Phi) is 9.93. The molecule has 0 spiro atoms. The average Bonchev–Trinajstić information content (AvgIpc) is 3.27. The lowest BCUT2D eigenvalue weighted by molar-refractivity contribution is 0.282. The van der Waals surface area contributed by atoms with Gasteiger partial charge < -0.3 is 10.6 Å². The molecular weight excluding hydrogens is 268 g/mol. The van der Waals surface area contributed by atoms with Crippen LogP contribution in [0.5, 0.6) is 0 Å². The van der Waals surface area contributed by atoms with Crippen molar-refractivity contribution < 1.29 is 0 Å². The van der Waals surface area contributed by atoms with Gasteiger partial charge in [0.25, 0.3) is 0 Å². The molecule has 4 nitrogen and oxygen atoms in total. The van der Waals surface area contributed by atoms with Gasteiger partial charge in [0.2, 0.25) is 0 Å². The Morgan fingerprint density at radius 2 is 2.05 bits per heavy atom. The Bertz CT molecular complexity index is 267. The molecule has 0 radical (unpaired) electrons. The number of hydrogen-bond donors (Lipinski definition) is 2. The lowest BCUT2D eigenvalue weighted by Crippen LogP contribution is -2.42. The quantitative estimate of drug-likeness (QED) is 0.348. The zero-order chi connectivity index (χ0) is 14.6. The SMILES string of the molecule is CCNC(=NCCCCSC)NCCN(CC)C1CC1. The number of thioether (sulfide) groups is 1. The van der Waals surface area contributed by atoms with E-state index in [1.54, 1.807) is 0 Å². The van der Waals surface area contributed by atoms with Crippen LogP contribution < -0.4 is 10.6 Å². The van der Waals surface area contributed by atoms with Crippen LogP contribution in [0.1, 0.15) is 39.5 Å². The van der Waals surface area contributed by atoms with Crippen LogP contribution in [0.15, 0.2) is 4.99 Å². The number of guanidine groups is 1. The highest BCUT2D eigenvalue weighted by atomic mass is 32.2. The Balaban J connectivity index is 2.17. The first-order valence-electron chi connectivity index (χ1n) is 8.07. The molecule has 0 aliphatic heterocycles. The van der Waals surface area contributed by atoms with Crippen LogP contribution in [0.25, 0.3) is 0 Å². The third-order valence-corrected chi connectivity index (χ3v) is 4.23. The van der Waals surface area contributed by atoms with E-state index in [0.717, 1.165) is 44.7 Å². The molecule has 0 heterocycles. The summed E-state index contributed by atoms with van der Waals surface area (Å²) >= 11 is 1.91. The van der Waals surface area contributed by atoms with Crippen molar-refractivity contribution in [3.8, 4) is 0 Å². The summed E-state index contributed by atoms with van der Waals surface area (Å²) in [6.07, 6.45) is 7.37. The summed E-state index contributed by atoms with van der Waals surface area (Å²) in [4.78, 5) is 7.20. The largest absolute Gasteiger partial charge is 0.357 e. The number of aliphatic imine (C=N–C) groups is 1. The standard InChI is InChI=1S/C15H32N4S/c1-4-16-15(17-10-6-7-13-20-3)18-11-12-19(5-2)14-8-9-14/h14H,4-13H2,1-3H3,(H2,16,17,18). The second kappa shape index (κ2) is 11.3. The van der Waals surface area contributed by atoms with Gasteiger partial charge in [0.05, 0.1) is 0 Å². The molecule has 0 saturated heterocycles. The summed E-state index contributed by atoms with van der Waals surface area (Å²) in [5, 5.41) is 6.78. The van der Waals surface area contributed by atoms with Crippen LogP contribution in [0.4, 0.5) is 0 Å². The van der Waals surface area contributed by atoms with E-state index in [9.17, 15) is 0 Å². The minimum absolute atomic E-state index is 0.855. The lowest BCUT2D eigenvalue weighted by Gasteiger charge is -2.20. The van der Waals surface area contributed by atoms with Crippen LogP contribution in [-0.4, -0.2) is 61.6 Å². The molecule has 0 amide bonds. The van der Waals surface area contributed by atoms with Crippen LogP contribution in [0, 0.1) is 0 Å². The molecule has 1 fully saturated rings. The molecule has 20 heavy (non-hydrogen) atoms. The highest BCUT2D eigenvalue weighted by Crippen LogP contribution is 2.25. The number of likely N-dealkylation sites (N-methyl/N-ethyl adjacent to an activating group) is 1. The van der Waals surface area contributed by atoms with Crippen LogP contribution in [-0.2, 0) is 0 Å². The second-order valence-electron chi connectivity index (χ2n) is 5.25. The zero-order valence-corrected chi connectivity index (χ0v) is 14.3. The van der Waals surface area contributed by atoms with E-state index in [1.165, 1.54) is 31.4 Å². The highest BCUT2D eigenvalue weighted by Gasteiger charge is 2.27. The highest BCUT2D eigenvalue weighted by molar-refractivity contribution is 7.98. The van der Waals surface area contributed by atoms with E-state index in [1.807, 2.05) is 11.8 Å². The maximum absolute atomic E-state index is 4.64. The molecule has 0 unspecified atom stereocenters. The molecule has 2 N–H and O–H groups in total. The topological polar surface area (TPSA) is 39.7 Å². The fourth-order valence-electron chi connectivity index (χ4n) is 2.25. The maximum atomic E-state index is 4.64. The molecule has 1 rings (SSSR count). The molecule has 0 aromatic rings. The van der Waals surface area contributed by atoms with Gasteiger partial charge in [-0.25, -0.2) is 0 Å². The molecule has 0 aromatic carbocycles. The van der Waals surface area contributed by atoms with Gasteiger partial charge in [-0.15, -0.1) is 0 Å². The minimum atomic E-state index is 0.855. The second-order valence-corrected chi connectivity index (χ2v) is 6.23. The van der Waals surface area contributed by atoms with Gasteiger partial charge in [-0.3, -0.25) is 9.89 Å². The summed E-state index contributed by atoms with van der Waals surface area (Å²) in [6.45, 7) is 9.50. The Morgan fingerprint density at radius 3 is 2.65 bits per heavy atom. The predicted octanol–water partition coefficient (Wildman–Crippen LogP) is 2.17. The monoisotopic (exact) mass is 300 g/mol. The van der Waals surface area contributed by atoms with E-state index in [0.29, 0.717) is 0 Å². The Labute approximate surface area is 129 Å². The van der Waals surface area contributed by atoms with Gasteiger partial charge >= 0.3 is 0 Å². The third kappa shape index (κ3) is 8.00. The molecule has 1 aliphatic carbocycles. The Morgan fingerprint density at radius 1 is 1.25 bits per heavy atom.